The molecule has 0 heterocycles. The van der Waals surface area contributed by atoms with Gasteiger partial charge in [-0.15, -0.1) is 0 Å². The third kappa shape index (κ3) is 5.09. The first-order chi connectivity index (χ1) is 11.5. The Bertz CT molecular complexity index is 747. The summed E-state index contributed by atoms with van der Waals surface area (Å²) in [4.78, 5) is 23.5. The molecule has 0 saturated carbocycles. The molecule has 2 amide bonds. The average Bonchev–Trinajstić information content (AvgIpc) is 2.53. The van der Waals surface area contributed by atoms with E-state index in [2.05, 4.69) is 26.6 Å². The highest BCUT2D eigenvalue weighted by Crippen LogP contribution is 2.26. The maximum Gasteiger partial charge on any atom is 0.255 e. The normalized spacial score (nSPS) is 10.1. The van der Waals surface area contributed by atoms with E-state index in [0.717, 1.165) is 10.9 Å². The van der Waals surface area contributed by atoms with Gasteiger partial charge in [-0.1, -0.05) is 13.0 Å². The van der Waals surface area contributed by atoms with Gasteiger partial charge in [-0.2, -0.15) is 0 Å². The number of rotatable bonds is 6. The van der Waals surface area contributed by atoms with Gasteiger partial charge in [-0.05, 0) is 58.7 Å². The molecule has 6 heteroatoms. The summed E-state index contributed by atoms with van der Waals surface area (Å²) in [7, 11) is 0. The molecule has 24 heavy (non-hydrogen) atoms. The summed E-state index contributed by atoms with van der Waals surface area (Å²) in [5.74, 6) is 0.309. The molecule has 0 radical (unpaired) electrons. The number of ether oxygens (including phenoxy) is 1. The van der Waals surface area contributed by atoms with Gasteiger partial charge in [0.05, 0.1) is 11.1 Å². The molecule has 0 spiro atoms. The zero-order valence-corrected chi connectivity index (χ0v) is 15.1. The van der Waals surface area contributed by atoms with E-state index in [9.17, 15) is 9.59 Å². The van der Waals surface area contributed by atoms with Crippen molar-refractivity contribution in [2.75, 3.05) is 17.2 Å². The minimum absolute atomic E-state index is 0.162. The van der Waals surface area contributed by atoms with Crippen molar-refractivity contribution >= 4 is 39.1 Å². The summed E-state index contributed by atoms with van der Waals surface area (Å²) in [6, 6.07) is 12.2. The van der Waals surface area contributed by atoms with Crippen LogP contribution in [0.15, 0.2) is 46.9 Å². The quantitative estimate of drug-likeness (QED) is 0.765. The fourth-order valence-electron chi connectivity index (χ4n) is 2.05. The predicted molar refractivity (Wildman–Crippen MR) is 98.6 cm³/mol. The molecule has 0 aliphatic heterocycles. The second-order valence-electron chi connectivity index (χ2n) is 5.21. The van der Waals surface area contributed by atoms with Crippen molar-refractivity contribution in [3.8, 4) is 5.75 Å². The maximum absolute atomic E-state index is 12.4. The molecule has 0 aromatic heterocycles. The average molecular weight is 391 g/mol. The van der Waals surface area contributed by atoms with Gasteiger partial charge < -0.3 is 15.4 Å². The SMILES string of the molecule is CCCOc1ccc(C(=O)Nc2cccc(NC(C)=O)c2)cc1Br. The molecule has 2 N–H and O–H groups in total. The van der Waals surface area contributed by atoms with Gasteiger partial charge >= 0.3 is 0 Å². The molecule has 0 saturated heterocycles. The highest BCUT2D eigenvalue weighted by atomic mass is 79.9. The van der Waals surface area contributed by atoms with E-state index in [1.807, 2.05) is 6.92 Å². The topological polar surface area (TPSA) is 67.4 Å². The molecule has 2 rings (SSSR count). The van der Waals surface area contributed by atoms with E-state index in [1.165, 1.54) is 6.92 Å². The highest BCUT2D eigenvalue weighted by Gasteiger charge is 2.10. The van der Waals surface area contributed by atoms with Crippen LogP contribution in [0, 0.1) is 0 Å². The summed E-state index contributed by atoms with van der Waals surface area (Å²) >= 11 is 3.42. The van der Waals surface area contributed by atoms with Crippen LogP contribution >= 0.6 is 15.9 Å². The Morgan fingerprint density at radius 3 is 2.42 bits per heavy atom. The second kappa shape index (κ2) is 8.49. The Morgan fingerprint density at radius 2 is 1.79 bits per heavy atom. The molecule has 0 aliphatic rings. The number of benzene rings is 2. The first-order valence-electron chi connectivity index (χ1n) is 7.61. The van der Waals surface area contributed by atoms with Crippen molar-refractivity contribution in [3.63, 3.8) is 0 Å². The molecule has 0 aliphatic carbocycles. The van der Waals surface area contributed by atoms with Gasteiger partial charge in [0, 0.05) is 23.9 Å². The highest BCUT2D eigenvalue weighted by molar-refractivity contribution is 9.10. The zero-order chi connectivity index (χ0) is 17.5. The molecular weight excluding hydrogens is 372 g/mol. The molecule has 2 aromatic carbocycles. The Labute approximate surface area is 149 Å². The van der Waals surface area contributed by atoms with E-state index in [0.29, 0.717) is 29.3 Å². The summed E-state index contributed by atoms with van der Waals surface area (Å²) in [5, 5.41) is 5.49. The van der Waals surface area contributed by atoms with Crippen LogP contribution in [0.5, 0.6) is 5.75 Å². The largest absolute Gasteiger partial charge is 0.492 e. The van der Waals surface area contributed by atoms with Crippen molar-refractivity contribution in [1.29, 1.82) is 0 Å². The first-order valence-corrected chi connectivity index (χ1v) is 8.40. The van der Waals surface area contributed by atoms with E-state index >= 15 is 0 Å². The molecule has 0 unspecified atom stereocenters. The number of carbonyl (C=O) groups is 2. The first kappa shape index (κ1) is 18.0. The van der Waals surface area contributed by atoms with Gasteiger partial charge in [0.15, 0.2) is 0 Å². The van der Waals surface area contributed by atoms with Crippen LogP contribution in [-0.4, -0.2) is 18.4 Å². The van der Waals surface area contributed by atoms with Gasteiger partial charge in [-0.3, -0.25) is 9.59 Å². The van der Waals surface area contributed by atoms with Crippen molar-refractivity contribution < 1.29 is 14.3 Å². The van der Waals surface area contributed by atoms with Gasteiger partial charge in [0.25, 0.3) is 5.91 Å². The standard InChI is InChI=1S/C18H19BrN2O3/c1-3-9-24-17-8-7-13(10-16(17)19)18(23)21-15-6-4-5-14(11-15)20-12(2)22/h4-8,10-11H,3,9H2,1-2H3,(H,20,22)(H,21,23). The Balaban J connectivity index is 2.09. The number of carbonyl (C=O) groups excluding carboxylic acids is 2. The lowest BCUT2D eigenvalue weighted by Gasteiger charge is -2.10. The third-order valence-electron chi connectivity index (χ3n) is 3.10. The Morgan fingerprint density at radius 1 is 1.08 bits per heavy atom. The lowest BCUT2D eigenvalue weighted by atomic mass is 10.2. The second-order valence-corrected chi connectivity index (χ2v) is 6.06. The lowest BCUT2D eigenvalue weighted by Crippen LogP contribution is -2.12. The Hall–Kier alpha value is -2.34. The fourth-order valence-corrected chi connectivity index (χ4v) is 2.55. The minimum Gasteiger partial charge on any atom is -0.492 e. The van der Waals surface area contributed by atoms with E-state index in [4.69, 9.17) is 4.74 Å². The van der Waals surface area contributed by atoms with Crippen LogP contribution in [0.4, 0.5) is 11.4 Å². The summed E-state index contributed by atoms with van der Waals surface area (Å²) < 4.78 is 6.30. The van der Waals surface area contributed by atoms with Gasteiger partial charge in [0.2, 0.25) is 5.91 Å². The number of amides is 2. The van der Waals surface area contributed by atoms with Crippen LogP contribution in [0.1, 0.15) is 30.6 Å². The summed E-state index contributed by atoms with van der Waals surface area (Å²) in [6.45, 7) is 4.09. The van der Waals surface area contributed by atoms with Gasteiger partial charge in [-0.25, -0.2) is 0 Å². The molecule has 0 fully saturated rings. The number of hydrogen-bond donors (Lipinski definition) is 2. The van der Waals surface area contributed by atoms with E-state index < -0.39 is 0 Å². The van der Waals surface area contributed by atoms with Crippen molar-refractivity contribution in [1.82, 2.24) is 0 Å². The van der Waals surface area contributed by atoms with E-state index in [-0.39, 0.29) is 11.8 Å². The molecule has 0 atom stereocenters. The van der Waals surface area contributed by atoms with Crippen LogP contribution in [0.3, 0.4) is 0 Å². The van der Waals surface area contributed by atoms with Crippen LogP contribution in [-0.2, 0) is 4.79 Å². The molecular formula is C18H19BrN2O3. The monoisotopic (exact) mass is 390 g/mol. The smallest absolute Gasteiger partial charge is 0.255 e. The molecule has 5 nitrogen and oxygen atoms in total. The van der Waals surface area contributed by atoms with Crippen molar-refractivity contribution in [2.24, 2.45) is 0 Å². The fraction of sp³-hybridized carbons (Fsp3) is 0.222. The predicted octanol–water partition coefficient (Wildman–Crippen LogP) is 4.45. The number of halogens is 1. The third-order valence-corrected chi connectivity index (χ3v) is 3.72. The van der Waals surface area contributed by atoms with Crippen LogP contribution in [0.25, 0.3) is 0 Å². The maximum atomic E-state index is 12.4. The number of anilines is 2. The number of hydrogen-bond acceptors (Lipinski definition) is 3. The lowest BCUT2D eigenvalue weighted by molar-refractivity contribution is -0.114. The minimum atomic E-state index is -0.238. The molecule has 126 valence electrons. The van der Waals surface area contributed by atoms with E-state index in [1.54, 1.807) is 42.5 Å². The molecule has 0 bridgehead atoms. The molecule has 2 aromatic rings. The Kier molecular flexibility index (Phi) is 6.37. The zero-order valence-electron chi connectivity index (χ0n) is 13.6. The van der Waals surface area contributed by atoms with Crippen molar-refractivity contribution in [2.45, 2.75) is 20.3 Å². The van der Waals surface area contributed by atoms with Crippen molar-refractivity contribution in [3.05, 3.63) is 52.5 Å². The van der Waals surface area contributed by atoms with Crippen LogP contribution < -0.4 is 15.4 Å². The summed E-state index contributed by atoms with van der Waals surface area (Å²) in [5.41, 5.74) is 1.74. The number of nitrogens with one attached hydrogen (secondary N) is 2. The van der Waals surface area contributed by atoms with Gasteiger partial charge in [0.1, 0.15) is 5.75 Å². The van der Waals surface area contributed by atoms with Crippen LogP contribution in [0.2, 0.25) is 0 Å². The summed E-state index contributed by atoms with van der Waals surface area (Å²) in [6.07, 6.45) is 0.916.